The first-order valence-corrected chi connectivity index (χ1v) is 52.0. The second-order valence-electron chi connectivity index (χ2n) is 39.8. The van der Waals surface area contributed by atoms with Crippen LogP contribution in [0.15, 0.2) is 582 Å². The highest BCUT2D eigenvalue weighted by Crippen LogP contribution is 2.51. The topological polar surface area (TPSA) is 0 Å². The quantitative estimate of drug-likeness (QED) is 0.0845. The number of rotatable bonds is 12. The second kappa shape index (κ2) is 37.6. The number of hydrogen-bond donors (Lipinski definition) is 0. The van der Waals surface area contributed by atoms with E-state index >= 15 is 0 Å². The highest BCUT2D eigenvalue weighted by molar-refractivity contribution is 6.27. The van der Waals surface area contributed by atoms with Crippen LogP contribution in [-0.2, 0) is 0 Å². The van der Waals surface area contributed by atoms with Crippen LogP contribution in [0.2, 0.25) is 0 Å². The minimum absolute atomic E-state index is 1.21. The van der Waals surface area contributed by atoms with Crippen molar-refractivity contribution in [2.75, 3.05) is 0 Å². The van der Waals surface area contributed by atoms with E-state index in [-0.39, 0.29) is 0 Å². The highest BCUT2D eigenvalue weighted by Gasteiger charge is 2.24. The van der Waals surface area contributed by atoms with Gasteiger partial charge < -0.3 is 0 Å². The summed E-state index contributed by atoms with van der Waals surface area (Å²) in [6.45, 7) is 0. The number of benzene rings is 30. The molecule has 0 aliphatic heterocycles. The Balaban J connectivity index is 0.000000109. The molecule has 0 saturated carbocycles. The Morgan fingerprint density at radius 3 is 0.587 bits per heavy atom. The Bertz CT molecular complexity index is 10500. The summed E-state index contributed by atoms with van der Waals surface area (Å²) in [5, 5.41) is 38.1. The van der Waals surface area contributed by atoms with Crippen LogP contribution in [-0.4, -0.2) is 0 Å². The molecule has 0 amide bonds. The van der Waals surface area contributed by atoms with Crippen LogP contribution in [0.4, 0.5) is 0 Å². The summed E-state index contributed by atoms with van der Waals surface area (Å²) in [4.78, 5) is 0. The molecule has 0 saturated heterocycles. The third-order valence-corrected chi connectivity index (χ3v) is 31.2. The Morgan fingerprint density at radius 1 is 0.0667 bits per heavy atom. The van der Waals surface area contributed by atoms with Crippen LogP contribution in [0.3, 0.4) is 0 Å². The van der Waals surface area contributed by atoms with Gasteiger partial charge in [-0.05, 0) is 368 Å². The molecule has 30 rings (SSSR count). The van der Waals surface area contributed by atoms with E-state index in [1.807, 2.05) is 0 Å². The van der Waals surface area contributed by atoms with Gasteiger partial charge in [0, 0.05) is 0 Å². The smallest absolute Gasteiger partial charge is 0.00262 e. The van der Waals surface area contributed by atoms with Gasteiger partial charge in [0.15, 0.2) is 0 Å². The molecule has 0 spiro atoms. The van der Waals surface area contributed by atoms with Gasteiger partial charge in [0.05, 0.1) is 0 Å². The summed E-state index contributed by atoms with van der Waals surface area (Å²) in [6.07, 6.45) is 0. The minimum atomic E-state index is 1.21. The van der Waals surface area contributed by atoms with Crippen LogP contribution in [0.25, 0.3) is 295 Å². The van der Waals surface area contributed by atoms with Gasteiger partial charge in [0.25, 0.3) is 0 Å². The van der Waals surface area contributed by atoms with Crippen molar-refractivity contribution in [1.82, 2.24) is 0 Å². The van der Waals surface area contributed by atoms with Crippen molar-refractivity contribution in [3.8, 4) is 134 Å². The van der Waals surface area contributed by atoms with E-state index in [1.54, 1.807) is 0 Å². The van der Waals surface area contributed by atoms with Gasteiger partial charge in [-0.2, -0.15) is 0 Å². The molecule has 696 valence electrons. The van der Waals surface area contributed by atoms with E-state index in [0.717, 1.165) is 0 Å². The monoisotopic (exact) mass is 1900 g/mol. The summed E-state index contributed by atoms with van der Waals surface area (Å²) < 4.78 is 0. The first-order valence-electron chi connectivity index (χ1n) is 52.0. The van der Waals surface area contributed by atoms with Crippen molar-refractivity contribution in [1.29, 1.82) is 0 Å². The summed E-state index contributed by atoms with van der Waals surface area (Å²) in [5.41, 5.74) is 30.0. The molecule has 0 atom stereocenters. The molecule has 0 aromatic heterocycles. The van der Waals surface area contributed by atoms with Crippen molar-refractivity contribution in [2.24, 2.45) is 0 Å². The van der Waals surface area contributed by atoms with E-state index in [0.29, 0.717) is 0 Å². The normalized spacial score (nSPS) is 11.6. The van der Waals surface area contributed by atoms with Crippen molar-refractivity contribution < 1.29 is 0 Å². The molecule has 0 aliphatic rings. The number of fused-ring (bicyclic) bond motifs is 18. The maximum Gasteiger partial charge on any atom is -0.00262 e. The van der Waals surface area contributed by atoms with Crippen molar-refractivity contribution in [2.45, 2.75) is 0 Å². The molecule has 0 unspecified atom stereocenters. The molecule has 0 bridgehead atoms. The fraction of sp³-hybridized carbons (Fsp3) is 0. The summed E-state index contributed by atoms with van der Waals surface area (Å²) in [6, 6.07) is 214. The maximum absolute atomic E-state index is 2.41. The lowest BCUT2D eigenvalue weighted by molar-refractivity contribution is 1.58. The Kier molecular flexibility index (Phi) is 22.1. The second-order valence-corrected chi connectivity index (χ2v) is 39.8. The van der Waals surface area contributed by atoms with Crippen LogP contribution in [0.5, 0.6) is 0 Å². The van der Waals surface area contributed by atoms with Gasteiger partial charge in [-0.15, -0.1) is 0 Å². The van der Waals surface area contributed by atoms with Gasteiger partial charge in [0.1, 0.15) is 0 Å². The van der Waals surface area contributed by atoms with Crippen LogP contribution in [0, 0.1) is 0 Å². The molecule has 30 aromatic rings. The third-order valence-electron chi connectivity index (χ3n) is 31.2. The largest absolute Gasteiger partial charge is 0.0622 e. The lowest BCUT2D eigenvalue weighted by Gasteiger charge is -2.18. The van der Waals surface area contributed by atoms with Gasteiger partial charge in [-0.1, -0.05) is 510 Å². The molecule has 0 N–H and O–H groups in total. The van der Waals surface area contributed by atoms with Crippen molar-refractivity contribution >= 4 is 162 Å². The van der Waals surface area contributed by atoms with Gasteiger partial charge >= 0.3 is 0 Å². The van der Waals surface area contributed by atoms with E-state index in [1.165, 1.54) is 295 Å². The fourth-order valence-electron chi connectivity index (χ4n) is 24.2. The first kappa shape index (κ1) is 88.2. The fourth-order valence-corrected chi connectivity index (χ4v) is 24.2. The average Bonchev–Trinajstić information content (AvgIpc) is 0.735. The Morgan fingerprint density at radius 2 is 0.260 bits per heavy atom. The maximum atomic E-state index is 2.41. The lowest BCUT2D eigenvalue weighted by atomic mass is 9.85. The summed E-state index contributed by atoms with van der Waals surface area (Å²) in [5.74, 6) is 0. The summed E-state index contributed by atoms with van der Waals surface area (Å²) >= 11 is 0. The number of hydrogen-bond acceptors (Lipinski definition) is 0. The molecular formula is C150H96. The predicted octanol–water partition coefficient (Wildman–Crippen LogP) is 42.4. The molecule has 0 heteroatoms. The zero-order chi connectivity index (χ0) is 99.1. The standard InChI is InChI=1S/C58H38.C48H30.C44H28/c1-3-13-39(14-4-1)43-17-11-18-44(33-43)45-19-12-20-46(34-45)47-29-25-40-26-30-48(36-51(40)35-47)49-31-27-41-28-32-50(38-52(41)37-49)58-55-23-9-7-21-53(55)57(42-15-5-2-6-16-42)54-22-8-10-24-56(54)58;1-2-13-33(14-3-1)47-41-18-8-10-20-43(41)48(44-21-11-9-19-42(44)47)35-25-23-31-22-24-34(28-36(31)29-35)45-30-46-37-15-5-4-12-32(37)26-27-40(46)38-16-6-7-17-39(38)45;1-2-12-30(13-3-1)43-38-18-8-10-20-40(38)44(41-21-11-9-19-39(41)43)33-25-23-29-22-24-32(26-34(29)27-33)42-28-31-14-4-5-15-35(31)36-16-6-7-17-37(36)42/h1-38H;1-30H;1-28H. The molecule has 0 nitrogen and oxygen atoms in total. The lowest BCUT2D eigenvalue weighted by Crippen LogP contribution is -1.91. The SMILES string of the molecule is c1ccc(-c2c3ccccc3c(-c3ccc4ccc(-c5cc6c7ccccc7ccc6c6ccccc56)cc4c3)c3ccccc23)cc1.c1ccc(-c2c3ccccc3c(-c3ccc4ccc(-c5cc6ccccc6c6ccccc56)cc4c3)c3ccccc23)cc1.c1ccc(-c2cccc(-c3cccc(-c4ccc5ccc(-c6ccc7ccc(-c8c9ccccc9c(-c9ccccc9)c9ccccc89)cc7c6)cc5c4)c3)c2)cc1. The van der Waals surface area contributed by atoms with Gasteiger partial charge in [-0.3, -0.25) is 0 Å². The first-order chi connectivity index (χ1) is 74.4. The van der Waals surface area contributed by atoms with E-state index in [9.17, 15) is 0 Å². The molecule has 30 aromatic carbocycles. The zero-order valence-corrected chi connectivity index (χ0v) is 82.4. The van der Waals surface area contributed by atoms with Crippen molar-refractivity contribution in [3.63, 3.8) is 0 Å². The molecule has 150 heavy (non-hydrogen) atoms. The minimum Gasteiger partial charge on any atom is -0.0622 e. The highest BCUT2D eigenvalue weighted by atomic mass is 14.3. The van der Waals surface area contributed by atoms with Gasteiger partial charge in [-0.25, -0.2) is 0 Å². The van der Waals surface area contributed by atoms with Crippen LogP contribution < -0.4 is 0 Å². The third kappa shape index (κ3) is 15.8. The molecule has 0 aliphatic carbocycles. The zero-order valence-electron chi connectivity index (χ0n) is 82.4. The molecule has 0 radical (unpaired) electrons. The average molecular weight is 1900 g/mol. The Hall–Kier alpha value is -19.5. The molecular weight excluding hydrogens is 1800 g/mol. The van der Waals surface area contributed by atoms with Gasteiger partial charge in [0.2, 0.25) is 0 Å². The van der Waals surface area contributed by atoms with Crippen molar-refractivity contribution in [3.05, 3.63) is 582 Å². The molecule has 0 fully saturated rings. The van der Waals surface area contributed by atoms with E-state index < -0.39 is 0 Å². The Labute approximate surface area is 870 Å². The van der Waals surface area contributed by atoms with Crippen LogP contribution in [0.1, 0.15) is 0 Å². The molecule has 0 heterocycles. The van der Waals surface area contributed by atoms with E-state index in [2.05, 4.69) is 582 Å². The van der Waals surface area contributed by atoms with Crippen LogP contribution >= 0.6 is 0 Å². The predicted molar refractivity (Wildman–Crippen MR) is 647 cm³/mol. The van der Waals surface area contributed by atoms with E-state index in [4.69, 9.17) is 0 Å². The summed E-state index contributed by atoms with van der Waals surface area (Å²) in [7, 11) is 0.